The van der Waals surface area contributed by atoms with E-state index in [1.165, 1.54) is 0 Å². The van der Waals surface area contributed by atoms with Crippen LogP contribution in [0.4, 0.5) is 16.3 Å². The normalized spacial score (nSPS) is 13.4. The highest BCUT2D eigenvalue weighted by molar-refractivity contribution is 5.94. The van der Waals surface area contributed by atoms with Crippen LogP contribution >= 0.6 is 0 Å². The molecule has 0 bridgehead atoms. The Hall–Kier alpha value is -4.48. The van der Waals surface area contributed by atoms with Crippen LogP contribution in [0.25, 0.3) is 22.4 Å². The number of aromatic nitrogens is 3. The lowest BCUT2D eigenvalue weighted by Crippen LogP contribution is -2.37. The molecule has 3 N–H and O–H groups in total. The molecule has 2 aromatic carbocycles. The molecule has 0 unspecified atom stereocenters. The van der Waals surface area contributed by atoms with Crippen molar-refractivity contribution in [3.63, 3.8) is 0 Å². The molecule has 1 saturated heterocycles. The molecule has 3 heterocycles. The number of nitrogens with zero attached hydrogens (tertiary/aromatic N) is 5. The molecule has 11 heteroatoms. The Labute approximate surface area is 245 Å². The third kappa shape index (κ3) is 7.04. The molecular formula is C31H38N8O3. The number of ether oxygens (including phenoxy) is 1. The zero-order valence-electron chi connectivity index (χ0n) is 24.4. The summed E-state index contributed by atoms with van der Waals surface area (Å²) in [6.45, 7) is 7.55. The van der Waals surface area contributed by atoms with Crippen LogP contribution in [-0.2, 0) is 17.8 Å². The van der Waals surface area contributed by atoms with Crippen LogP contribution in [-0.4, -0.2) is 84.9 Å². The van der Waals surface area contributed by atoms with E-state index < -0.39 is 0 Å². The smallest absolute Gasteiger partial charge is 0.319 e. The van der Waals surface area contributed by atoms with Gasteiger partial charge in [0.2, 0.25) is 0 Å². The largest absolute Gasteiger partial charge is 0.378 e. The number of hydrogen-bond acceptors (Lipinski definition) is 7. The monoisotopic (exact) mass is 570 g/mol. The average Bonchev–Trinajstić information content (AvgIpc) is 3.43. The van der Waals surface area contributed by atoms with E-state index in [9.17, 15) is 9.59 Å². The second kappa shape index (κ2) is 13.5. The lowest BCUT2D eigenvalue weighted by Gasteiger charge is -2.28. The highest BCUT2D eigenvalue weighted by Crippen LogP contribution is 2.29. The van der Waals surface area contributed by atoms with Crippen molar-refractivity contribution in [2.75, 3.05) is 63.7 Å². The third-order valence-electron chi connectivity index (χ3n) is 7.16. The number of rotatable bonds is 10. The van der Waals surface area contributed by atoms with E-state index in [4.69, 9.17) is 14.7 Å². The molecule has 0 aliphatic carbocycles. The summed E-state index contributed by atoms with van der Waals surface area (Å²) < 4.78 is 7.67. The van der Waals surface area contributed by atoms with Gasteiger partial charge in [-0.05, 0) is 69.0 Å². The van der Waals surface area contributed by atoms with Gasteiger partial charge >= 0.3 is 6.03 Å². The fraction of sp³-hybridized carbons (Fsp3) is 0.355. The van der Waals surface area contributed by atoms with Gasteiger partial charge in [-0.1, -0.05) is 12.1 Å². The fourth-order valence-corrected chi connectivity index (χ4v) is 4.78. The van der Waals surface area contributed by atoms with Gasteiger partial charge in [0.25, 0.3) is 5.91 Å². The number of carbonyl (C=O) groups is 2. The number of amides is 3. The summed E-state index contributed by atoms with van der Waals surface area (Å²) in [5, 5.41) is 9.67. The van der Waals surface area contributed by atoms with Gasteiger partial charge in [-0.2, -0.15) is 0 Å². The van der Waals surface area contributed by atoms with Gasteiger partial charge in [-0.3, -0.25) is 4.79 Å². The van der Waals surface area contributed by atoms with Gasteiger partial charge < -0.3 is 35.1 Å². The summed E-state index contributed by atoms with van der Waals surface area (Å²) in [6, 6.07) is 16.5. The molecule has 1 aliphatic heterocycles. The van der Waals surface area contributed by atoms with Crippen LogP contribution in [0.5, 0.6) is 0 Å². The van der Waals surface area contributed by atoms with Crippen LogP contribution in [0.2, 0.25) is 0 Å². The van der Waals surface area contributed by atoms with Crippen molar-refractivity contribution in [1.29, 1.82) is 0 Å². The Morgan fingerprint density at radius 3 is 2.38 bits per heavy atom. The highest BCUT2D eigenvalue weighted by atomic mass is 16.5. The first-order chi connectivity index (χ1) is 20.4. The third-order valence-corrected chi connectivity index (χ3v) is 7.16. The van der Waals surface area contributed by atoms with Crippen LogP contribution in [0, 0.1) is 0 Å². The number of hydrogen-bond donors (Lipinski definition) is 3. The minimum Gasteiger partial charge on any atom is -0.378 e. The van der Waals surface area contributed by atoms with Crippen LogP contribution in [0.15, 0.2) is 60.8 Å². The van der Waals surface area contributed by atoms with Gasteiger partial charge in [-0.25, -0.2) is 14.8 Å². The van der Waals surface area contributed by atoms with Crippen molar-refractivity contribution in [3.05, 3.63) is 71.9 Å². The van der Waals surface area contributed by atoms with Gasteiger partial charge in [0.15, 0.2) is 5.82 Å². The number of likely N-dealkylation sites (N-methyl/N-ethyl adjacent to an activating group) is 1. The average molecular weight is 571 g/mol. The molecule has 4 aromatic rings. The first kappa shape index (κ1) is 29.0. The fourth-order valence-electron chi connectivity index (χ4n) is 4.78. The number of morpholine rings is 1. The summed E-state index contributed by atoms with van der Waals surface area (Å²) in [7, 11) is 3.92. The van der Waals surface area contributed by atoms with Crippen molar-refractivity contribution < 1.29 is 14.3 Å². The molecule has 0 saturated carbocycles. The van der Waals surface area contributed by atoms with Crippen molar-refractivity contribution in [1.82, 2.24) is 30.1 Å². The predicted molar refractivity (Wildman–Crippen MR) is 165 cm³/mol. The molecular weight excluding hydrogens is 532 g/mol. The van der Waals surface area contributed by atoms with Crippen LogP contribution in [0.1, 0.15) is 22.8 Å². The summed E-state index contributed by atoms with van der Waals surface area (Å²) >= 11 is 0. The van der Waals surface area contributed by atoms with E-state index in [2.05, 4.69) is 44.6 Å². The molecule has 1 aliphatic rings. The quantitative estimate of drug-likeness (QED) is 0.267. The Balaban J connectivity index is 1.20. The first-order valence-corrected chi connectivity index (χ1v) is 14.3. The van der Waals surface area contributed by atoms with Crippen molar-refractivity contribution in [2.45, 2.75) is 20.0 Å². The molecule has 0 atom stereocenters. The SMILES string of the molecule is CCn1ccc2c(N3CCOCC3)nc(-c3ccc(NC(=O)NCc4ccc(C(=O)NCCN(C)C)cc4)cc3)nc21. The van der Waals surface area contributed by atoms with Gasteiger partial charge in [-0.15, -0.1) is 0 Å². The number of aryl methyl sites for hydroxylation is 1. The maximum absolute atomic E-state index is 12.6. The maximum atomic E-state index is 12.6. The van der Waals surface area contributed by atoms with E-state index in [0.29, 0.717) is 43.4 Å². The molecule has 3 amide bonds. The van der Waals surface area contributed by atoms with E-state index >= 15 is 0 Å². The minimum atomic E-state index is -0.318. The van der Waals surface area contributed by atoms with Crippen LogP contribution < -0.4 is 20.9 Å². The second-order valence-electron chi connectivity index (χ2n) is 10.5. The van der Waals surface area contributed by atoms with E-state index in [1.807, 2.05) is 55.4 Å². The summed E-state index contributed by atoms with van der Waals surface area (Å²) in [6.07, 6.45) is 2.05. The first-order valence-electron chi connectivity index (χ1n) is 14.3. The lowest BCUT2D eigenvalue weighted by atomic mass is 10.1. The number of nitrogens with one attached hydrogen (secondary N) is 3. The highest BCUT2D eigenvalue weighted by Gasteiger charge is 2.20. The number of benzene rings is 2. The minimum absolute atomic E-state index is 0.112. The number of anilines is 2. The molecule has 1 fully saturated rings. The zero-order chi connectivity index (χ0) is 29.5. The Morgan fingerprint density at radius 2 is 1.69 bits per heavy atom. The molecule has 42 heavy (non-hydrogen) atoms. The molecule has 11 nitrogen and oxygen atoms in total. The molecule has 5 rings (SSSR count). The Bertz CT molecular complexity index is 1510. The maximum Gasteiger partial charge on any atom is 0.319 e. The molecule has 220 valence electrons. The molecule has 0 radical (unpaired) electrons. The van der Waals surface area contributed by atoms with E-state index in [-0.39, 0.29) is 11.9 Å². The second-order valence-corrected chi connectivity index (χ2v) is 10.5. The number of urea groups is 1. The number of fused-ring (bicyclic) bond motifs is 1. The van der Waals surface area contributed by atoms with Gasteiger partial charge in [0, 0.05) is 62.3 Å². The summed E-state index contributed by atoms with van der Waals surface area (Å²) in [5.74, 6) is 1.45. The van der Waals surface area contributed by atoms with Gasteiger partial charge in [0.05, 0.1) is 18.6 Å². The van der Waals surface area contributed by atoms with E-state index in [1.54, 1.807) is 12.1 Å². The van der Waals surface area contributed by atoms with Crippen molar-refractivity contribution in [2.24, 2.45) is 0 Å². The standard InChI is InChI=1S/C31H38N8O3/c1-4-38-15-13-26-28(38)35-27(36-29(26)39-17-19-42-20-18-39)23-9-11-25(12-10-23)34-31(41)33-21-22-5-7-24(8-6-22)30(40)32-14-16-37(2)3/h5-13,15H,4,14,16-21H2,1-3H3,(H,32,40)(H2,33,34,41). The summed E-state index contributed by atoms with van der Waals surface area (Å²) in [5.41, 5.74) is 3.92. The van der Waals surface area contributed by atoms with Crippen molar-refractivity contribution >= 4 is 34.5 Å². The summed E-state index contributed by atoms with van der Waals surface area (Å²) in [4.78, 5) is 38.9. The van der Waals surface area contributed by atoms with Crippen molar-refractivity contribution in [3.8, 4) is 11.4 Å². The lowest BCUT2D eigenvalue weighted by molar-refractivity contribution is 0.0951. The topological polar surface area (TPSA) is 117 Å². The van der Waals surface area contributed by atoms with Gasteiger partial charge in [0.1, 0.15) is 11.5 Å². The molecule has 0 spiro atoms. The van der Waals surface area contributed by atoms with Crippen LogP contribution in [0.3, 0.4) is 0 Å². The Kier molecular flexibility index (Phi) is 9.30. The zero-order valence-corrected chi connectivity index (χ0v) is 24.4. The Morgan fingerprint density at radius 1 is 0.952 bits per heavy atom. The van der Waals surface area contributed by atoms with E-state index in [0.717, 1.165) is 54.2 Å². The molecule has 2 aromatic heterocycles. The predicted octanol–water partition coefficient (Wildman–Crippen LogP) is 3.57. The number of carbonyl (C=O) groups excluding carboxylic acids is 2.